The second-order valence-electron chi connectivity index (χ2n) is 6.73. The summed E-state index contributed by atoms with van der Waals surface area (Å²) >= 11 is 3.47. The van der Waals surface area contributed by atoms with Crippen LogP contribution in [0.15, 0.2) is 51.2 Å². The molecule has 2 amide bonds. The summed E-state index contributed by atoms with van der Waals surface area (Å²) in [4.78, 5) is 27.2. The molecule has 1 saturated heterocycles. The first-order valence-corrected chi connectivity index (χ1v) is 9.08. The Morgan fingerprint density at radius 3 is 2.27 bits per heavy atom. The lowest BCUT2D eigenvalue weighted by molar-refractivity contribution is -0.121. The number of hydrogen-bond acceptors (Lipinski definition) is 5. The molecule has 2 aromatic rings. The summed E-state index contributed by atoms with van der Waals surface area (Å²) < 4.78 is 0.972. The molecular weight excluding hydrogens is 396 g/mol. The van der Waals surface area contributed by atoms with E-state index in [1.54, 1.807) is 5.01 Å². The Bertz CT molecular complexity index is 952. The third-order valence-electron chi connectivity index (χ3n) is 4.65. The van der Waals surface area contributed by atoms with Crippen LogP contribution in [0.3, 0.4) is 0 Å². The lowest BCUT2D eigenvalue weighted by Crippen LogP contribution is -2.40. The number of anilines is 2. The molecule has 7 heteroatoms. The summed E-state index contributed by atoms with van der Waals surface area (Å²) in [5.41, 5.74) is 4.35. The number of nitrogens with zero attached hydrogens (tertiary/aromatic N) is 4. The molecule has 0 radical (unpaired) electrons. The van der Waals surface area contributed by atoms with Crippen molar-refractivity contribution >= 4 is 39.1 Å². The van der Waals surface area contributed by atoms with Crippen molar-refractivity contribution in [1.29, 1.82) is 0 Å². The quantitative estimate of drug-likeness (QED) is 0.703. The predicted octanol–water partition coefficient (Wildman–Crippen LogP) is 3.87. The predicted molar refractivity (Wildman–Crippen MR) is 102 cm³/mol. The minimum absolute atomic E-state index is 0.296. The van der Waals surface area contributed by atoms with Gasteiger partial charge in [-0.15, -0.1) is 0 Å². The molecule has 2 unspecified atom stereocenters. The largest absolute Gasteiger partial charge is 0.271 e. The van der Waals surface area contributed by atoms with Crippen molar-refractivity contribution in [2.45, 2.75) is 32.9 Å². The summed E-state index contributed by atoms with van der Waals surface area (Å²) in [6.45, 7) is 5.85. The van der Waals surface area contributed by atoms with Crippen LogP contribution in [-0.4, -0.2) is 23.9 Å². The van der Waals surface area contributed by atoms with Crippen LogP contribution in [0, 0.1) is 20.8 Å². The molecule has 0 N–H and O–H groups in total. The van der Waals surface area contributed by atoms with Gasteiger partial charge in [-0.25, -0.2) is 9.91 Å². The first-order chi connectivity index (χ1) is 12.4. The molecular formula is C19H17BrN4O2. The van der Waals surface area contributed by atoms with Crippen LogP contribution in [-0.2, 0) is 9.59 Å². The summed E-state index contributed by atoms with van der Waals surface area (Å²) in [7, 11) is 0. The van der Waals surface area contributed by atoms with E-state index in [-0.39, 0.29) is 11.8 Å². The zero-order valence-electron chi connectivity index (χ0n) is 14.6. The third-order valence-corrected chi connectivity index (χ3v) is 5.54. The van der Waals surface area contributed by atoms with Crippen LogP contribution in [0.25, 0.3) is 0 Å². The van der Waals surface area contributed by atoms with Gasteiger partial charge in [0.05, 0.1) is 11.4 Å². The monoisotopic (exact) mass is 412 g/mol. The minimum atomic E-state index is -0.799. The van der Waals surface area contributed by atoms with Crippen LogP contribution in [0.4, 0.5) is 11.4 Å². The molecule has 4 rings (SSSR count). The molecule has 2 aliphatic heterocycles. The molecule has 2 aromatic carbocycles. The van der Waals surface area contributed by atoms with Gasteiger partial charge in [0, 0.05) is 4.47 Å². The van der Waals surface area contributed by atoms with Crippen molar-refractivity contribution in [1.82, 2.24) is 0 Å². The summed E-state index contributed by atoms with van der Waals surface area (Å²) in [6.07, 6.45) is 0. The van der Waals surface area contributed by atoms with Gasteiger partial charge in [0.15, 0.2) is 12.1 Å². The maximum Gasteiger partial charge on any atom is 0.263 e. The molecule has 0 aromatic heterocycles. The second-order valence-corrected chi connectivity index (χ2v) is 7.58. The molecule has 1 fully saturated rings. The van der Waals surface area contributed by atoms with Crippen LogP contribution in [0.2, 0.25) is 0 Å². The number of imide groups is 1. The first kappa shape index (κ1) is 16.9. The average Bonchev–Trinajstić information content (AvgIpc) is 3.10. The van der Waals surface area contributed by atoms with E-state index in [9.17, 15) is 9.59 Å². The molecule has 6 nitrogen and oxygen atoms in total. The molecule has 132 valence electrons. The molecule has 2 aliphatic rings. The van der Waals surface area contributed by atoms with Gasteiger partial charge >= 0.3 is 0 Å². The number of carbonyl (C=O) groups is 2. The Morgan fingerprint density at radius 2 is 1.62 bits per heavy atom. The third kappa shape index (κ3) is 2.54. The van der Waals surface area contributed by atoms with Crippen molar-refractivity contribution in [3.05, 3.63) is 57.6 Å². The maximum atomic E-state index is 13.1. The summed E-state index contributed by atoms with van der Waals surface area (Å²) in [6, 6.07) is 9.83. The van der Waals surface area contributed by atoms with Gasteiger partial charge in [-0.3, -0.25) is 9.59 Å². The molecule has 0 spiro atoms. The highest BCUT2D eigenvalue weighted by atomic mass is 79.9. The molecule has 26 heavy (non-hydrogen) atoms. The van der Waals surface area contributed by atoms with Crippen LogP contribution in [0.1, 0.15) is 16.7 Å². The summed E-state index contributed by atoms with van der Waals surface area (Å²) in [5.74, 6) is -0.624. The van der Waals surface area contributed by atoms with Crippen molar-refractivity contribution in [3.63, 3.8) is 0 Å². The van der Waals surface area contributed by atoms with Crippen LogP contribution < -0.4 is 9.91 Å². The fourth-order valence-electron chi connectivity index (χ4n) is 3.48. The Kier molecular flexibility index (Phi) is 3.91. The van der Waals surface area contributed by atoms with E-state index in [2.05, 4.69) is 26.3 Å². The molecule has 0 saturated carbocycles. The topological polar surface area (TPSA) is 65.3 Å². The van der Waals surface area contributed by atoms with Crippen LogP contribution in [0.5, 0.6) is 0 Å². The normalized spacial score (nSPS) is 21.7. The fourth-order valence-corrected chi connectivity index (χ4v) is 3.73. The van der Waals surface area contributed by atoms with E-state index >= 15 is 0 Å². The number of carbonyl (C=O) groups excluding carboxylic acids is 2. The van der Waals surface area contributed by atoms with Crippen molar-refractivity contribution in [2.24, 2.45) is 10.3 Å². The van der Waals surface area contributed by atoms with Gasteiger partial charge in [-0.2, -0.15) is 5.11 Å². The SMILES string of the molecule is Cc1cc(C)cc(N2C(=O)C3N=NN(c4ccc(Br)c(C)c4)C3C2=O)c1. The molecule has 2 atom stereocenters. The van der Waals surface area contributed by atoms with Gasteiger partial charge in [0.25, 0.3) is 11.8 Å². The van der Waals surface area contributed by atoms with Crippen molar-refractivity contribution in [2.75, 3.05) is 9.91 Å². The maximum absolute atomic E-state index is 13.1. The lowest BCUT2D eigenvalue weighted by atomic mass is 10.1. The smallest absolute Gasteiger partial charge is 0.263 e. The van der Waals surface area contributed by atoms with Crippen molar-refractivity contribution < 1.29 is 9.59 Å². The zero-order valence-corrected chi connectivity index (χ0v) is 16.2. The molecule has 0 bridgehead atoms. The van der Waals surface area contributed by atoms with E-state index in [1.807, 2.05) is 57.2 Å². The number of benzene rings is 2. The van der Waals surface area contributed by atoms with Gasteiger partial charge in [-0.1, -0.05) is 27.2 Å². The molecule has 2 heterocycles. The van der Waals surface area contributed by atoms with E-state index in [4.69, 9.17) is 0 Å². The van der Waals surface area contributed by atoms with E-state index in [0.717, 1.165) is 26.9 Å². The fraction of sp³-hybridized carbons (Fsp3) is 0.263. The van der Waals surface area contributed by atoms with Gasteiger partial charge < -0.3 is 0 Å². The number of aryl methyl sites for hydroxylation is 3. The zero-order chi connectivity index (χ0) is 18.6. The number of rotatable bonds is 2. The van der Waals surface area contributed by atoms with Gasteiger partial charge in [-0.05, 0) is 67.8 Å². The van der Waals surface area contributed by atoms with Crippen LogP contribution >= 0.6 is 15.9 Å². The number of halogens is 1. The standard InChI is InChI=1S/C19H17BrN4O2/c1-10-6-11(2)8-14(7-10)23-18(25)16-17(19(23)26)24(22-21-16)13-4-5-15(20)12(3)9-13/h4-9,16-17H,1-3H3. The van der Waals surface area contributed by atoms with E-state index < -0.39 is 12.1 Å². The minimum Gasteiger partial charge on any atom is -0.271 e. The van der Waals surface area contributed by atoms with Crippen molar-refractivity contribution in [3.8, 4) is 0 Å². The van der Waals surface area contributed by atoms with E-state index in [1.165, 1.54) is 4.90 Å². The number of hydrogen-bond donors (Lipinski definition) is 0. The lowest BCUT2D eigenvalue weighted by Gasteiger charge is -2.21. The van der Waals surface area contributed by atoms with Gasteiger partial charge in [0.2, 0.25) is 0 Å². The highest BCUT2D eigenvalue weighted by molar-refractivity contribution is 9.10. The van der Waals surface area contributed by atoms with Gasteiger partial charge in [0.1, 0.15) is 0 Å². The second kappa shape index (κ2) is 6.02. The Morgan fingerprint density at radius 1 is 0.923 bits per heavy atom. The average molecular weight is 413 g/mol. The first-order valence-electron chi connectivity index (χ1n) is 8.29. The Labute approximate surface area is 159 Å². The van der Waals surface area contributed by atoms with E-state index in [0.29, 0.717) is 5.69 Å². The molecule has 0 aliphatic carbocycles. The Hall–Kier alpha value is -2.54. The summed E-state index contributed by atoms with van der Waals surface area (Å²) in [5, 5.41) is 9.74. The number of amides is 2. The highest BCUT2D eigenvalue weighted by Crippen LogP contribution is 2.36. The highest BCUT2D eigenvalue weighted by Gasteiger charge is 2.55. The Balaban J connectivity index is 1.72. The number of fused-ring (bicyclic) bond motifs is 1.